The maximum absolute atomic E-state index is 16.3. The molecule has 9 rings (SSSR count). The number of cyclic esters (lactones) is 1. The van der Waals surface area contributed by atoms with Crippen molar-refractivity contribution in [3.8, 4) is 17.6 Å². The van der Waals surface area contributed by atoms with Gasteiger partial charge in [-0.05, 0) is 96.7 Å². The van der Waals surface area contributed by atoms with Crippen LogP contribution < -0.4 is 4.90 Å². The summed E-state index contributed by atoms with van der Waals surface area (Å²) in [6.07, 6.45) is 8.90. The van der Waals surface area contributed by atoms with Gasteiger partial charge in [0, 0.05) is 25.8 Å². The second-order valence-electron chi connectivity index (χ2n) is 17.2. The predicted octanol–water partition coefficient (Wildman–Crippen LogP) is 8.49. The lowest BCUT2D eigenvalue weighted by molar-refractivity contribution is -0.179. The topological polar surface area (TPSA) is 126 Å². The van der Waals surface area contributed by atoms with Crippen LogP contribution >= 0.6 is 0 Å². The maximum atomic E-state index is 16.3. The number of likely N-dealkylation sites (tertiary alicyclic amines) is 1. The highest BCUT2D eigenvalue weighted by atomic mass is 16.6. The number of aromatic hydroxyl groups is 1. The summed E-state index contributed by atoms with van der Waals surface area (Å²) in [5, 5.41) is 10.7. The zero-order chi connectivity index (χ0) is 43.5. The quantitative estimate of drug-likeness (QED) is 0.111. The molecule has 1 aliphatic carbocycles. The number of carbonyl (C=O) groups excluding carboxylic acids is 4. The number of ether oxygens (including phenoxy) is 3. The average Bonchev–Trinajstić information content (AvgIpc) is 3.75. The zero-order valence-electron chi connectivity index (χ0n) is 35.6. The van der Waals surface area contributed by atoms with Crippen LogP contribution in [-0.4, -0.2) is 78.2 Å². The van der Waals surface area contributed by atoms with Gasteiger partial charge in [0.1, 0.15) is 29.9 Å². The van der Waals surface area contributed by atoms with Gasteiger partial charge in [0.25, 0.3) is 0 Å². The number of phenols is 1. The van der Waals surface area contributed by atoms with Gasteiger partial charge < -0.3 is 24.2 Å². The van der Waals surface area contributed by atoms with Crippen molar-refractivity contribution in [2.24, 2.45) is 5.92 Å². The normalized spacial score (nSPS) is 25.8. The first-order chi connectivity index (χ1) is 30.8. The van der Waals surface area contributed by atoms with E-state index in [0.29, 0.717) is 29.8 Å². The number of hydrogen-bond acceptors (Lipinski definition) is 9. The Morgan fingerprint density at radius 2 is 1.48 bits per heavy atom. The highest BCUT2D eigenvalue weighted by molar-refractivity contribution is 6.23. The first-order valence-electron chi connectivity index (χ1n) is 22.3. The molecule has 4 aromatic rings. The fourth-order valence-electron chi connectivity index (χ4n) is 10.6. The summed E-state index contributed by atoms with van der Waals surface area (Å²) in [4.78, 5) is 67.1. The molecule has 0 radical (unpaired) electrons. The Morgan fingerprint density at radius 3 is 2.16 bits per heavy atom. The van der Waals surface area contributed by atoms with Crippen LogP contribution in [0, 0.1) is 17.8 Å². The van der Waals surface area contributed by atoms with Crippen LogP contribution in [0.5, 0.6) is 5.75 Å². The fraction of sp³-hybridized carbons (Fsp3) is 0.385. The minimum absolute atomic E-state index is 0.00602. The average molecular weight is 848 g/mol. The molecule has 11 heteroatoms. The summed E-state index contributed by atoms with van der Waals surface area (Å²) < 4.78 is 17.5. The van der Waals surface area contributed by atoms with Gasteiger partial charge >= 0.3 is 12.1 Å². The van der Waals surface area contributed by atoms with E-state index in [9.17, 15) is 9.90 Å². The molecule has 4 heterocycles. The third-order valence-corrected chi connectivity index (χ3v) is 13.5. The lowest BCUT2D eigenvalue weighted by Gasteiger charge is -2.46. The van der Waals surface area contributed by atoms with E-state index in [4.69, 9.17) is 14.2 Å². The van der Waals surface area contributed by atoms with E-state index in [0.717, 1.165) is 79.4 Å². The van der Waals surface area contributed by atoms with Crippen molar-refractivity contribution in [2.45, 2.75) is 87.4 Å². The Bertz CT molecular complexity index is 2440. The number of nitrogens with zero attached hydrogens (tertiary/aromatic N) is 3. The minimum Gasteiger partial charge on any atom is -0.508 e. The van der Waals surface area contributed by atoms with Crippen LogP contribution in [-0.2, 0) is 34.0 Å². The third-order valence-electron chi connectivity index (χ3n) is 13.5. The van der Waals surface area contributed by atoms with Crippen LogP contribution in [0.25, 0.3) is 0 Å². The number of phenolic OH excluding ortho intramolecular Hbond substituents is 1. The van der Waals surface area contributed by atoms with Crippen molar-refractivity contribution in [3.05, 3.63) is 143 Å². The molecule has 6 atom stereocenters. The minimum atomic E-state index is -1.91. The Labute approximate surface area is 368 Å². The van der Waals surface area contributed by atoms with Crippen molar-refractivity contribution in [2.75, 3.05) is 38.3 Å². The summed E-state index contributed by atoms with van der Waals surface area (Å²) in [7, 11) is 1.49. The van der Waals surface area contributed by atoms with E-state index in [2.05, 4.69) is 17.9 Å². The molecule has 6 unspecified atom stereocenters. The SMILES string of the molecule is COCCOC(=O)N1C(=O)C2(c3cc(C#CC4=CCCCC4)ccc31)C(C(=O)N1CCCCCCC1)C1C(=O)OC(c3ccccc3)C(c3ccccc3)N1C2c1ccc(O)cc1. The second-order valence-corrected chi connectivity index (χ2v) is 17.2. The first kappa shape index (κ1) is 42.1. The van der Waals surface area contributed by atoms with Crippen molar-refractivity contribution in [3.63, 3.8) is 0 Å². The van der Waals surface area contributed by atoms with Crippen molar-refractivity contribution in [1.82, 2.24) is 9.80 Å². The summed E-state index contributed by atoms with van der Waals surface area (Å²) in [6.45, 7) is 0.893. The van der Waals surface area contributed by atoms with Crippen LogP contribution in [0.2, 0.25) is 0 Å². The number of fused-ring (bicyclic) bond motifs is 3. The van der Waals surface area contributed by atoms with E-state index in [-0.39, 0.29) is 30.6 Å². The van der Waals surface area contributed by atoms with E-state index in [1.807, 2.05) is 76.5 Å². The number of hydrogen-bond donors (Lipinski definition) is 1. The number of benzene rings is 4. The summed E-state index contributed by atoms with van der Waals surface area (Å²) in [6, 6.07) is 28.1. The van der Waals surface area contributed by atoms with Crippen molar-refractivity contribution < 1.29 is 38.5 Å². The Hall–Kier alpha value is -6.22. The first-order valence-corrected chi connectivity index (χ1v) is 22.3. The number of morpholine rings is 1. The molecule has 3 amide bonds. The molecule has 324 valence electrons. The molecule has 0 aromatic heterocycles. The number of esters is 1. The van der Waals surface area contributed by atoms with E-state index >= 15 is 14.4 Å². The van der Waals surface area contributed by atoms with Gasteiger partial charge in [-0.2, -0.15) is 0 Å². The molecule has 3 fully saturated rings. The Kier molecular flexibility index (Phi) is 12.2. The van der Waals surface area contributed by atoms with Crippen LogP contribution in [0.1, 0.15) is 104 Å². The summed E-state index contributed by atoms with van der Waals surface area (Å²) >= 11 is 0. The van der Waals surface area contributed by atoms with Gasteiger partial charge in [0.05, 0.1) is 30.3 Å². The van der Waals surface area contributed by atoms with E-state index in [1.165, 1.54) is 7.11 Å². The predicted molar refractivity (Wildman–Crippen MR) is 236 cm³/mol. The number of carbonyl (C=O) groups is 4. The molecular weight excluding hydrogens is 795 g/mol. The Balaban J connectivity index is 1.35. The lowest BCUT2D eigenvalue weighted by Crippen LogP contribution is -2.56. The van der Waals surface area contributed by atoms with Gasteiger partial charge in [-0.15, -0.1) is 0 Å². The van der Waals surface area contributed by atoms with Gasteiger partial charge in [-0.25, -0.2) is 9.69 Å². The number of imide groups is 1. The molecule has 5 aliphatic rings. The largest absolute Gasteiger partial charge is 0.508 e. The van der Waals surface area contributed by atoms with Crippen LogP contribution in [0.3, 0.4) is 0 Å². The number of methoxy groups -OCH3 is 1. The number of amides is 3. The number of rotatable bonds is 7. The summed E-state index contributed by atoms with van der Waals surface area (Å²) in [5.74, 6) is 3.68. The van der Waals surface area contributed by atoms with Gasteiger partial charge in [0.2, 0.25) is 11.8 Å². The van der Waals surface area contributed by atoms with Crippen LogP contribution in [0.15, 0.2) is 115 Å². The monoisotopic (exact) mass is 847 g/mol. The van der Waals surface area contributed by atoms with Crippen molar-refractivity contribution >= 4 is 29.6 Å². The van der Waals surface area contributed by atoms with E-state index in [1.54, 1.807) is 36.4 Å². The molecule has 1 N–H and O–H groups in total. The highest BCUT2D eigenvalue weighted by Gasteiger charge is 2.76. The maximum Gasteiger partial charge on any atom is 0.421 e. The molecule has 63 heavy (non-hydrogen) atoms. The summed E-state index contributed by atoms with van der Waals surface area (Å²) in [5.41, 5.74) is 2.50. The highest BCUT2D eigenvalue weighted by Crippen LogP contribution is 2.66. The number of anilines is 1. The molecule has 4 aromatic carbocycles. The van der Waals surface area contributed by atoms with E-state index < -0.39 is 53.5 Å². The van der Waals surface area contributed by atoms with Gasteiger partial charge in [0.15, 0.2) is 0 Å². The Morgan fingerprint density at radius 1 is 0.778 bits per heavy atom. The third kappa shape index (κ3) is 7.70. The molecule has 0 saturated carbocycles. The molecule has 3 saturated heterocycles. The molecule has 0 bridgehead atoms. The molecule has 1 spiro atoms. The fourth-order valence-corrected chi connectivity index (χ4v) is 10.6. The lowest BCUT2D eigenvalue weighted by atomic mass is 9.64. The number of allylic oxidation sites excluding steroid dienone is 2. The van der Waals surface area contributed by atoms with Crippen LogP contribution in [0.4, 0.5) is 10.5 Å². The van der Waals surface area contributed by atoms with Gasteiger partial charge in [-0.3, -0.25) is 19.3 Å². The zero-order valence-corrected chi connectivity index (χ0v) is 35.6. The molecule has 11 nitrogen and oxygen atoms in total. The molecule has 4 aliphatic heterocycles. The second kappa shape index (κ2) is 18.2. The smallest absolute Gasteiger partial charge is 0.421 e. The molecular formula is C52H53N3O8. The van der Waals surface area contributed by atoms with Crippen molar-refractivity contribution in [1.29, 1.82) is 0 Å². The standard InChI is InChI=1S/C52H53N3O8/c1-61-32-33-62-51(60)54-42-29-24-36(23-22-35-16-8-5-9-17-35)34-41(42)52(50(54)59)43(48(57)53-30-14-3-2-4-15-31-53)45-49(58)63-46(38-20-12-7-13-21-38)44(37-18-10-6-11-19-37)55(45)47(52)39-25-27-40(56)28-26-39/h6-7,10-13,16,18-21,24-29,34,43-47,56H,2-5,8-9,14-15,17,30-33H2,1H3. The van der Waals surface area contributed by atoms with Gasteiger partial charge in [-0.1, -0.05) is 110 Å².